The minimum atomic E-state index is 0.626. The summed E-state index contributed by atoms with van der Waals surface area (Å²) < 4.78 is 4.49. The van der Waals surface area contributed by atoms with Crippen molar-refractivity contribution in [1.82, 2.24) is 9.13 Å². The highest BCUT2D eigenvalue weighted by Crippen LogP contribution is 2.43. The summed E-state index contributed by atoms with van der Waals surface area (Å²) in [6.07, 6.45) is 0. The first-order valence-corrected chi connectivity index (χ1v) is 15.9. The fourth-order valence-corrected chi connectivity index (χ4v) is 7.35. The second-order valence-corrected chi connectivity index (χ2v) is 12.0. The van der Waals surface area contributed by atoms with E-state index in [0.717, 1.165) is 71.9 Å². The van der Waals surface area contributed by atoms with Crippen LogP contribution in [0.25, 0.3) is 77.2 Å². The van der Waals surface area contributed by atoms with E-state index in [4.69, 9.17) is 0 Å². The molecule has 0 aliphatic carbocycles. The maximum atomic E-state index is 9.95. The van der Waals surface area contributed by atoms with E-state index in [9.17, 15) is 10.5 Å². The Morgan fingerprint density at radius 3 is 1.85 bits per heavy atom. The Morgan fingerprint density at radius 2 is 1.04 bits per heavy atom. The lowest BCUT2D eigenvalue weighted by molar-refractivity contribution is 1.17. The van der Waals surface area contributed by atoms with Crippen molar-refractivity contribution in [2.45, 2.75) is 0 Å². The number of benzene rings is 7. The largest absolute Gasteiger partial charge is 0.309 e. The second-order valence-electron chi connectivity index (χ2n) is 12.0. The van der Waals surface area contributed by atoms with Crippen LogP contribution in [0.1, 0.15) is 11.1 Å². The molecular weight excluding hydrogens is 585 g/mol. The Labute approximate surface area is 277 Å². The van der Waals surface area contributed by atoms with Crippen LogP contribution < -0.4 is 0 Å². The highest BCUT2D eigenvalue weighted by atomic mass is 15.0. The summed E-state index contributed by atoms with van der Waals surface area (Å²) in [6.45, 7) is 0. The van der Waals surface area contributed by atoms with Gasteiger partial charge in [0.05, 0.1) is 45.0 Å². The van der Waals surface area contributed by atoms with E-state index in [1.54, 1.807) is 0 Å². The Morgan fingerprint density at radius 1 is 0.417 bits per heavy atom. The molecule has 0 saturated heterocycles. The van der Waals surface area contributed by atoms with Gasteiger partial charge in [0.25, 0.3) is 0 Å². The molecule has 0 bridgehead atoms. The van der Waals surface area contributed by atoms with Crippen molar-refractivity contribution in [2.75, 3.05) is 0 Å². The number of nitrogens with zero attached hydrogens (tertiary/aromatic N) is 4. The quantitative estimate of drug-likeness (QED) is 0.199. The summed E-state index contributed by atoms with van der Waals surface area (Å²) in [5, 5.41) is 24.3. The fraction of sp³-hybridized carbons (Fsp3) is 0. The van der Waals surface area contributed by atoms with Crippen LogP contribution >= 0.6 is 0 Å². The molecule has 9 aromatic rings. The molecule has 0 unspecified atom stereocenters. The van der Waals surface area contributed by atoms with Crippen molar-refractivity contribution in [2.24, 2.45) is 0 Å². The molecule has 0 saturated carbocycles. The van der Waals surface area contributed by atoms with E-state index in [1.807, 2.05) is 42.5 Å². The molecule has 0 radical (unpaired) electrons. The number of fused-ring (bicyclic) bond motifs is 6. The van der Waals surface area contributed by atoms with Crippen LogP contribution in [0.5, 0.6) is 0 Å². The number of nitriles is 2. The molecule has 48 heavy (non-hydrogen) atoms. The summed E-state index contributed by atoms with van der Waals surface area (Å²) in [5.41, 5.74) is 11.9. The molecule has 0 fully saturated rings. The van der Waals surface area contributed by atoms with Gasteiger partial charge in [0.15, 0.2) is 0 Å². The molecule has 4 heteroatoms. The monoisotopic (exact) mass is 610 g/mol. The van der Waals surface area contributed by atoms with Gasteiger partial charge >= 0.3 is 0 Å². The normalized spacial score (nSPS) is 11.3. The fourth-order valence-electron chi connectivity index (χ4n) is 7.35. The van der Waals surface area contributed by atoms with Crippen molar-refractivity contribution in [3.63, 3.8) is 0 Å². The SMILES string of the molecule is N#Cc1cccc(-n2c3ccccc3c3cccc(-c4ccccc4-c4ccc5c(c4)c4ccccc4n5-c4ccccc4C#N)c32)c1. The summed E-state index contributed by atoms with van der Waals surface area (Å²) >= 11 is 0. The minimum Gasteiger partial charge on any atom is -0.309 e. The van der Waals surface area contributed by atoms with Gasteiger partial charge in [-0.15, -0.1) is 0 Å². The molecule has 4 nitrogen and oxygen atoms in total. The molecule has 0 aliphatic heterocycles. The van der Waals surface area contributed by atoms with Crippen LogP contribution in [-0.4, -0.2) is 9.13 Å². The van der Waals surface area contributed by atoms with Gasteiger partial charge in [-0.25, -0.2) is 0 Å². The predicted molar refractivity (Wildman–Crippen MR) is 195 cm³/mol. The van der Waals surface area contributed by atoms with Crippen molar-refractivity contribution >= 4 is 43.6 Å². The van der Waals surface area contributed by atoms with Crippen molar-refractivity contribution in [1.29, 1.82) is 10.5 Å². The predicted octanol–water partition coefficient (Wildman–Crippen LogP) is 11.0. The average Bonchev–Trinajstić information content (AvgIpc) is 3.67. The highest BCUT2D eigenvalue weighted by Gasteiger charge is 2.20. The van der Waals surface area contributed by atoms with E-state index >= 15 is 0 Å². The van der Waals surface area contributed by atoms with Gasteiger partial charge in [0.2, 0.25) is 0 Å². The Balaban J connectivity index is 1.31. The van der Waals surface area contributed by atoms with Gasteiger partial charge in [-0.1, -0.05) is 103 Å². The number of hydrogen-bond acceptors (Lipinski definition) is 2. The molecule has 0 atom stereocenters. The van der Waals surface area contributed by atoms with Crippen molar-refractivity contribution < 1.29 is 0 Å². The first-order chi connectivity index (χ1) is 23.7. The summed E-state index contributed by atoms with van der Waals surface area (Å²) in [6, 6.07) is 59.0. The molecule has 7 aromatic carbocycles. The van der Waals surface area contributed by atoms with Crippen LogP contribution in [-0.2, 0) is 0 Å². The van der Waals surface area contributed by atoms with Crippen LogP contribution in [0.2, 0.25) is 0 Å². The van der Waals surface area contributed by atoms with Gasteiger partial charge in [0, 0.05) is 32.8 Å². The summed E-state index contributed by atoms with van der Waals surface area (Å²) in [7, 11) is 0. The minimum absolute atomic E-state index is 0.626. The zero-order valence-electron chi connectivity index (χ0n) is 25.8. The lowest BCUT2D eigenvalue weighted by Crippen LogP contribution is -1.97. The molecule has 9 rings (SSSR count). The third-order valence-corrected chi connectivity index (χ3v) is 9.39. The molecule has 2 heterocycles. The first-order valence-electron chi connectivity index (χ1n) is 15.9. The lowest BCUT2D eigenvalue weighted by Gasteiger charge is -2.15. The van der Waals surface area contributed by atoms with Crippen LogP contribution in [0.15, 0.2) is 158 Å². The molecule has 0 N–H and O–H groups in total. The summed E-state index contributed by atoms with van der Waals surface area (Å²) in [5.74, 6) is 0. The molecular formula is C44H26N4. The molecule has 0 aliphatic rings. The third-order valence-electron chi connectivity index (χ3n) is 9.39. The molecule has 0 amide bonds. The molecule has 222 valence electrons. The zero-order chi connectivity index (χ0) is 32.2. The zero-order valence-corrected chi connectivity index (χ0v) is 25.8. The van der Waals surface area contributed by atoms with Gasteiger partial charge in [-0.2, -0.15) is 10.5 Å². The maximum Gasteiger partial charge on any atom is 0.101 e. The Bertz CT molecular complexity index is 2820. The van der Waals surface area contributed by atoms with E-state index < -0.39 is 0 Å². The van der Waals surface area contributed by atoms with Crippen LogP contribution in [0.4, 0.5) is 0 Å². The number of rotatable bonds is 4. The Hall–Kier alpha value is -6.88. The number of aromatic nitrogens is 2. The van der Waals surface area contributed by atoms with Gasteiger partial charge in [0.1, 0.15) is 6.07 Å². The van der Waals surface area contributed by atoms with Crippen LogP contribution in [0.3, 0.4) is 0 Å². The van der Waals surface area contributed by atoms with E-state index in [2.05, 4.69) is 137 Å². The molecule has 2 aromatic heterocycles. The van der Waals surface area contributed by atoms with Crippen LogP contribution in [0, 0.1) is 22.7 Å². The first kappa shape index (κ1) is 27.4. The number of para-hydroxylation sites is 4. The van der Waals surface area contributed by atoms with Crippen molar-refractivity contribution in [3.05, 3.63) is 169 Å². The Kier molecular flexibility index (Phi) is 6.22. The lowest BCUT2D eigenvalue weighted by atomic mass is 9.92. The number of hydrogen-bond donors (Lipinski definition) is 0. The standard InChI is InChI=1S/C44H26N4/c45-27-29-11-9-13-32(25-29)47-41-21-7-4-16-35(41)38-19-10-18-37(44(38)47)34-15-3-2-14-33(34)30-23-24-43-39(26-30)36-17-5-8-22-42(36)48(43)40-20-6-1-12-31(40)28-46/h1-26H. The third kappa shape index (κ3) is 4.07. The van der Waals surface area contributed by atoms with Gasteiger partial charge in [-0.05, 0) is 71.3 Å². The average molecular weight is 611 g/mol. The van der Waals surface area contributed by atoms with Gasteiger partial charge in [-0.3, -0.25) is 0 Å². The van der Waals surface area contributed by atoms with E-state index in [-0.39, 0.29) is 0 Å². The van der Waals surface area contributed by atoms with Gasteiger partial charge < -0.3 is 9.13 Å². The van der Waals surface area contributed by atoms with Crippen molar-refractivity contribution in [3.8, 4) is 45.8 Å². The van der Waals surface area contributed by atoms with E-state index in [1.165, 1.54) is 5.39 Å². The van der Waals surface area contributed by atoms with E-state index in [0.29, 0.717) is 11.1 Å². The second kappa shape index (κ2) is 10.9. The smallest absolute Gasteiger partial charge is 0.101 e. The highest BCUT2D eigenvalue weighted by molar-refractivity contribution is 6.15. The topological polar surface area (TPSA) is 57.4 Å². The molecule has 0 spiro atoms. The summed E-state index contributed by atoms with van der Waals surface area (Å²) in [4.78, 5) is 0. The maximum absolute atomic E-state index is 9.95.